The van der Waals surface area contributed by atoms with E-state index in [2.05, 4.69) is 10.2 Å². The highest BCUT2D eigenvalue weighted by Gasteiger charge is 2.32. The van der Waals surface area contributed by atoms with Gasteiger partial charge in [-0.15, -0.1) is 0 Å². The maximum absolute atomic E-state index is 12.2. The minimum atomic E-state index is -1.28. The van der Waals surface area contributed by atoms with E-state index in [0.717, 1.165) is 0 Å². The third kappa shape index (κ3) is 4.13. The van der Waals surface area contributed by atoms with E-state index in [1.165, 1.54) is 7.11 Å². The van der Waals surface area contributed by atoms with Crippen LogP contribution < -0.4 is 5.32 Å². The van der Waals surface area contributed by atoms with Crippen molar-refractivity contribution in [3.63, 3.8) is 0 Å². The van der Waals surface area contributed by atoms with Gasteiger partial charge in [-0.25, -0.2) is 14.6 Å². The highest BCUT2D eigenvalue weighted by atomic mass is 17.2. The summed E-state index contributed by atoms with van der Waals surface area (Å²) in [7, 11) is 1.30. The van der Waals surface area contributed by atoms with Crippen LogP contribution in [0.15, 0.2) is 0 Å². The van der Waals surface area contributed by atoms with Crippen molar-refractivity contribution in [2.75, 3.05) is 33.4 Å². The van der Waals surface area contributed by atoms with Gasteiger partial charge < -0.3 is 20.1 Å². The average Bonchev–Trinajstić information content (AvgIpc) is 2.36. The van der Waals surface area contributed by atoms with Gasteiger partial charge in [-0.1, -0.05) is 0 Å². The first-order valence-electron chi connectivity index (χ1n) is 5.61. The van der Waals surface area contributed by atoms with E-state index in [-0.39, 0.29) is 5.91 Å². The number of ether oxygens (including phenoxy) is 1. The van der Waals surface area contributed by atoms with Crippen molar-refractivity contribution >= 4 is 12.0 Å². The van der Waals surface area contributed by atoms with Gasteiger partial charge in [0.15, 0.2) is 0 Å². The Balaban J connectivity index is 2.67. The zero-order valence-corrected chi connectivity index (χ0v) is 10.4. The van der Waals surface area contributed by atoms with Crippen molar-refractivity contribution in [1.29, 1.82) is 0 Å². The summed E-state index contributed by atoms with van der Waals surface area (Å²) in [6, 6.07) is -0.999. The molecular weight excluding hydrogens is 244 g/mol. The lowest BCUT2D eigenvalue weighted by Crippen LogP contribution is -2.56. The molecule has 1 aliphatic rings. The topological polar surface area (TPSA) is 97.3 Å². The van der Waals surface area contributed by atoms with Gasteiger partial charge in [0, 0.05) is 13.1 Å². The number of carbonyl (C=O) groups excluding carboxylic acids is 1. The second-order valence-electron chi connectivity index (χ2n) is 3.83. The lowest BCUT2D eigenvalue weighted by molar-refractivity contribution is -0.304. The van der Waals surface area contributed by atoms with E-state index < -0.39 is 18.2 Å². The lowest BCUT2D eigenvalue weighted by atomic mass is 10.1. The Morgan fingerprint density at radius 2 is 2.00 bits per heavy atom. The fourth-order valence-corrected chi connectivity index (χ4v) is 1.70. The van der Waals surface area contributed by atoms with Crippen molar-refractivity contribution in [3.8, 4) is 0 Å². The maximum Gasteiger partial charge on any atom is 0.405 e. The summed E-state index contributed by atoms with van der Waals surface area (Å²) in [4.78, 5) is 33.7. The van der Waals surface area contributed by atoms with Crippen LogP contribution in [-0.2, 0) is 19.3 Å². The zero-order valence-electron chi connectivity index (χ0n) is 10.4. The van der Waals surface area contributed by atoms with Crippen molar-refractivity contribution in [2.45, 2.75) is 19.1 Å². The molecule has 18 heavy (non-hydrogen) atoms. The molecule has 2 amide bonds. The molecule has 0 aromatic rings. The third-order valence-corrected chi connectivity index (χ3v) is 2.59. The monoisotopic (exact) mass is 262 g/mol. The molecular formula is C10H18N2O6. The van der Waals surface area contributed by atoms with Gasteiger partial charge in [0.05, 0.1) is 20.3 Å². The van der Waals surface area contributed by atoms with Crippen LogP contribution in [0.3, 0.4) is 0 Å². The van der Waals surface area contributed by atoms with Gasteiger partial charge in [-0.3, -0.25) is 4.79 Å². The number of amides is 2. The van der Waals surface area contributed by atoms with E-state index in [0.29, 0.717) is 26.3 Å². The summed E-state index contributed by atoms with van der Waals surface area (Å²) in [6.45, 7) is 3.34. The number of carboxylic acid groups (broad SMARTS) is 1. The molecule has 8 nitrogen and oxygen atoms in total. The smallest absolute Gasteiger partial charge is 0.405 e. The maximum atomic E-state index is 12.2. The van der Waals surface area contributed by atoms with Crippen LogP contribution in [0.1, 0.15) is 6.92 Å². The number of nitrogens with zero attached hydrogens (tertiary/aromatic N) is 1. The fourth-order valence-electron chi connectivity index (χ4n) is 1.70. The molecule has 1 heterocycles. The SMILES string of the molecule is COO[C@H](C)[C@H](NC(=O)O)C(=O)N1CCOCC1. The Morgan fingerprint density at radius 3 is 2.50 bits per heavy atom. The number of hydrogen-bond acceptors (Lipinski definition) is 5. The van der Waals surface area contributed by atoms with Crippen LogP contribution in [0.25, 0.3) is 0 Å². The Labute approximate surface area is 105 Å². The highest BCUT2D eigenvalue weighted by Crippen LogP contribution is 2.07. The fraction of sp³-hybridized carbons (Fsp3) is 0.800. The molecule has 0 aromatic carbocycles. The Hall–Kier alpha value is -1.38. The molecule has 8 heteroatoms. The predicted octanol–water partition coefficient (Wildman–Crippen LogP) is -0.552. The summed E-state index contributed by atoms with van der Waals surface area (Å²) in [5, 5.41) is 10.9. The summed E-state index contributed by atoms with van der Waals surface area (Å²) < 4.78 is 5.13. The van der Waals surface area contributed by atoms with Crippen LogP contribution in [0.5, 0.6) is 0 Å². The van der Waals surface area contributed by atoms with Crippen molar-refractivity contribution < 1.29 is 29.2 Å². The van der Waals surface area contributed by atoms with Crippen LogP contribution >= 0.6 is 0 Å². The molecule has 0 spiro atoms. The molecule has 1 rings (SSSR count). The minimum absolute atomic E-state index is 0.342. The van der Waals surface area contributed by atoms with E-state index >= 15 is 0 Å². The molecule has 1 saturated heterocycles. The van der Waals surface area contributed by atoms with Gasteiger partial charge in [-0.2, -0.15) is 0 Å². The van der Waals surface area contributed by atoms with Crippen LogP contribution in [0, 0.1) is 0 Å². The first kappa shape index (κ1) is 14.7. The summed E-state index contributed by atoms with van der Waals surface area (Å²) in [5.41, 5.74) is 0. The summed E-state index contributed by atoms with van der Waals surface area (Å²) in [5.74, 6) is -0.342. The molecule has 0 aromatic heterocycles. The molecule has 104 valence electrons. The zero-order chi connectivity index (χ0) is 13.5. The van der Waals surface area contributed by atoms with Gasteiger partial charge in [0.25, 0.3) is 0 Å². The standard InChI is InChI=1S/C10H18N2O6/c1-7(18-16-2)8(11-10(14)15)9(13)12-3-5-17-6-4-12/h7-8,11H,3-6H2,1-2H3,(H,14,15)/t7-,8+/m1/s1. The van der Waals surface area contributed by atoms with Crippen molar-refractivity contribution in [3.05, 3.63) is 0 Å². The Kier molecular flexibility index (Phi) is 5.83. The van der Waals surface area contributed by atoms with Crippen LogP contribution in [0.4, 0.5) is 4.79 Å². The van der Waals surface area contributed by atoms with Crippen LogP contribution in [-0.4, -0.2) is 67.6 Å². The molecule has 0 aliphatic carbocycles. The number of rotatable bonds is 5. The molecule has 2 N–H and O–H groups in total. The molecule has 0 bridgehead atoms. The second kappa shape index (κ2) is 7.14. The van der Waals surface area contributed by atoms with Gasteiger partial charge >= 0.3 is 6.09 Å². The number of nitrogens with one attached hydrogen (secondary N) is 1. The molecule has 0 saturated carbocycles. The molecule has 1 aliphatic heterocycles. The van der Waals surface area contributed by atoms with Crippen molar-refractivity contribution in [1.82, 2.24) is 10.2 Å². The average molecular weight is 262 g/mol. The summed E-state index contributed by atoms with van der Waals surface area (Å²) >= 11 is 0. The number of hydrogen-bond donors (Lipinski definition) is 2. The molecule has 0 radical (unpaired) electrons. The normalized spacial score (nSPS) is 19.1. The minimum Gasteiger partial charge on any atom is -0.465 e. The Morgan fingerprint density at radius 1 is 1.39 bits per heavy atom. The third-order valence-electron chi connectivity index (χ3n) is 2.59. The predicted molar refractivity (Wildman–Crippen MR) is 59.9 cm³/mol. The van der Waals surface area contributed by atoms with E-state index in [1.807, 2.05) is 0 Å². The van der Waals surface area contributed by atoms with Crippen LogP contribution in [0.2, 0.25) is 0 Å². The molecule has 1 fully saturated rings. The van der Waals surface area contributed by atoms with E-state index in [9.17, 15) is 9.59 Å². The van der Waals surface area contributed by atoms with Crippen molar-refractivity contribution in [2.24, 2.45) is 0 Å². The summed E-state index contributed by atoms with van der Waals surface area (Å²) in [6.07, 6.45) is -2.00. The number of carbonyl (C=O) groups is 2. The lowest BCUT2D eigenvalue weighted by Gasteiger charge is -2.31. The highest BCUT2D eigenvalue weighted by molar-refractivity contribution is 5.86. The van der Waals surface area contributed by atoms with E-state index in [1.54, 1.807) is 11.8 Å². The Bertz CT molecular complexity index is 292. The van der Waals surface area contributed by atoms with Gasteiger partial charge in [0.1, 0.15) is 12.1 Å². The molecule has 0 unspecified atom stereocenters. The van der Waals surface area contributed by atoms with Gasteiger partial charge in [0.2, 0.25) is 5.91 Å². The quantitative estimate of drug-likeness (QED) is 0.509. The first-order chi connectivity index (χ1) is 8.56. The molecule has 2 atom stereocenters. The van der Waals surface area contributed by atoms with Gasteiger partial charge in [-0.05, 0) is 6.92 Å². The number of morpholine rings is 1. The first-order valence-corrected chi connectivity index (χ1v) is 5.61. The van der Waals surface area contributed by atoms with E-state index in [4.69, 9.17) is 14.7 Å². The second-order valence-corrected chi connectivity index (χ2v) is 3.83. The largest absolute Gasteiger partial charge is 0.465 e.